The lowest BCUT2D eigenvalue weighted by Crippen LogP contribution is -2.31. The van der Waals surface area contributed by atoms with Gasteiger partial charge in [-0.15, -0.1) is 0 Å². The largest absolute Gasteiger partial charge is 0.507 e. The number of aromatic amines is 3. The highest BCUT2D eigenvalue weighted by Gasteiger charge is 2.21. The fourth-order valence-corrected chi connectivity index (χ4v) is 4.31. The molecule has 0 saturated heterocycles. The van der Waals surface area contributed by atoms with Gasteiger partial charge in [0, 0.05) is 41.0 Å². The minimum atomic E-state index is -0.363. The Morgan fingerprint density at radius 3 is 2.72 bits per heavy atom. The SMILES string of the molecule is Cc1[nH]c([C@H](Cc2ccccc2)NC(=O)CCc2cnc[nH]2)nc1-c1ccc2[nH]c(=O)cc(O)c2c1. The van der Waals surface area contributed by atoms with E-state index < -0.39 is 0 Å². The average molecular weight is 483 g/mol. The second kappa shape index (κ2) is 9.91. The molecule has 5 rings (SSSR count). The second-order valence-corrected chi connectivity index (χ2v) is 8.76. The van der Waals surface area contributed by atoms with Gasteiger partial charge in [0.05, 0.1) is 23.6 Å². The molecule has 0 aliphatic rings. The van der Waals surface area contributed by atoms with E-state index in [1.54, 1.807) is 24.7 Å². The maximum absolute atomic E-state index is 12.8. The first-order valence-corrected chi connectivity index (χ1v) is 11.7. The van der Waals surface area contributed by atoms with Crippen LogP contribution >= 0.6 is 0 Å². The summed E-state index contributed by atoms with van der Waals surface area (Å²) in [7, 11) is 0. The number of hydrogen-bond acceptors (Lipinski definition) is 5. The highest BCUT2D eigenvalue weighted by Crippen LogP contribution is 2.30. The van der Waals surface area contributed by atoms with Crippen LogP contribution in [-0.4, -0.2) is 35.9 Å². The van der Waals surface area contributed by atoms with Crippen molar-refractivity contribution in [3.8, 4) is 17.0 Å². The molecule has 1 amide bonds. The zero-order chi connectivity index (χ0) is 25.1. The molecule has 9 heteroatoms. The molecule has 9 nitrogen and oxygen atoms in total. The molecule has 0 bridgehead atoms. The van der Waals surface area contributed by atoms with Gasteiger partial charge in [-0.25, -0.2) is 9.97 Å². The zero-order valence-corrected chi connectivity index (χ0v) is 19.7. The molecule has 0 unspecified atom stereocenters. The second-order valence-electron chi connectivity index (χ2n) is 8.76. The summed E-state index contributed by atoms with van der Waals surface area (Å²) < 4.78 is 0. The Hall–Kier alpha value is -4.66. The first kappa shape index (κ1) is 23.1. The highest BCUT2D eigenvalue weighted by atomic mass is 16.3. The van der Waals surface area contributed by atoms with Crippen molar-refractivity contribution in [3.05, 3.63) is 100 Å². The summed E-state index contributed by atoms with van der Waals surface area (Å²) in [6.45, 7) is 1.92. The summed E-state index contributed by atoms with van der Waals surface area (Å²) in [6, 6.07) is 16.1. The number of aryl methyl sites for hydroxylation is 2. The first-order valence-electron chi connectivity index (χ1n) is 11.7. The van der Waals surface area contributed by atoms with Gasteiger partial charge in [0.2, 0.25) is 5.91 Å². The first-order chi connectivity index (χ1) is 17.5. The fourth-order valence-electron chi connectivity index (χ4n) is 4.31. The third-order valence-electron chi connectivity index (χ3n) is 6.12. The molecule has 36 heavy (non-hydrogen) atoms. The van der Waals surface area contributed by atoms with E-state index in [-0.39, 0.29) is 23.3 Å². The predicted octanol–water partition coefficient (Wildman–Crippen LogP) is 3.69. The van der Waals surface area contributed by atoms with Crippen molar-refractivity contribution in [3.63, 3.8) is 0 Å². The van der Waals surface area contributed by atoms with Crippen LogP contribution in [0, 0.1) is 6.92 Å². The summed E-state index contributed by atoms with van der Waals surface area (Å²) >= 11 is 0. The van der Waals surface area contributed by atoms with Crippen LogP contribution in [0.15, 0.2) is 71.9 Å². The number of nitrogens with zero attached hydrogens (tertiary/aromatic N) is 2. The number of rotatable bonds is 8. The molecule has 182 valence electrons. The molecular weight excluding hydrogens is 456 g/mol. The number of pyridine rings is 1. The minimum absolute atomic E-state index is 0.0827. The zero-order valence-electron chi connectivity index (χ0n) is 19.7. The van der Waals surface area contributed by atoms with E-state index in [0.29, 0.717) is 41.7 Å². The number of imidazole rings is 2. The van der Waals surface area contributed by atoms with Crippen molar-refractivity contribution in [2.45, 2.75) is 32.2 Å². The Balaban J connectivity index is 1.44. The Kier molecular flexibility index (Phi) is 6.36. The van der Waals surface area contributed by atoms with Gasteiger partial charge in [0.15, 0.2) is 0 Å². The number of nitrogens with one attached hydrogen (secondary N) is 4. The summed E-state index contributed by atoms with van der Waals surface area (Å²) in [4.78, 5) is 42.5. The van der Waals surface area contributed by atoms with E-state index in [2.05, 4.69) is 25.3 Å². The maximum Gasteiger partial charge on any atom is 0.252 e. The molecule has 0 fully saturated rings. The summed E-state index contributed by atoms with van der Waals surface area (Å²) in [5, 5.41) is 13.9. The standard InChI is InChI=1S/C27H26N6O3/c1-16-26(18-7-9-21-20(12-18)23(34)13-25(36)31-21)33-27(30-16)22(11-17-5-3-2-4-6-17)32-24(35)10-8-19-14-28-15-29-19/h2-7,9,12-15,22H,8,10-11H2,1H3,(H,28,29)(H,30,33)(H,32,35)(H2,31,34,36)/t22-/m0/s1. The predicted molar refractivity (Wildman–Crippen MR) is 136 cm³/mol. The Bertz CT molecular complexity index is 1550. The van der Waals surface area contributed by atoms with Gasteiger partial charge in [-0.05, 0) is 37.5 Å². The van der Waals surface area contributed by atoms with Gasteiger partial charge in [-0.3, -0.25) is 9.59 Å². The molecule has 0 aliphatic heterocycles. The molecule has 0 radical (unpaired) electrons. The molecule has 3 aromatic heterocycles. The van der Waals surface area contributed by atoms with Gasteiger partial charge in [0.1, 0.15) is 11.6 Å². The van der Waals surface area contributed by atoms with Crippen LogP contribution in [0.4, 0.5) is 0 Å². The number of hydrogen-bond donors (Lipinski definition) is 5. The monoisotopic (exact) mass is 482 g/mol. The van der Waals surface area contributed by atoms with Crippen molar-refractivity contribution in [1.82, 2.24) is 30.2 Å². The molecule has 0 saturated carbocycles. The normalized spacial score (nSPS) is 12.0. The molecule has 1 atom stereocenters. The van der Waals surface area contributed by atoms with Gasteiger partial charge >= 0.3 is 0 Å². The number of aromatic hydroxyl groups is 1. The molecule has 0 spiro atoms. The topological polar surface area (TPSA) is 140 Å². The molecule has 0 aliphatic carbocycles. The number of amides is 1. The molecule has 5 aromatic rings. The fraction of sp³-hybridized carbons (Fsp3) is 0.185. The van der Waals surface area contributed by atoms with Gasteiger partial charge in [0.25, 0.3) is 5.56 Å². The molecule has 5 N–H and O–H groups in total. The number of fused-ring (bicyclic) bond motifs is 1. The quantitative estimate of drug-likeness (QED) is 0.230. The van der Waals surface area contributed by atoms with E-state index >= 15 is 0 Å². The Labute approximate surface area is 206 Å². The summed E-state index contributed by atoms with van der Waals surface area (Å²) in [5.74, 6) is 0.475. The van der Waals surface area contributed by atoms with Crippen molar-refractivity contribution in [2.75, 3.05) is 0 Å². The lowest BCUT2D eigenvalue weighted by Gasteiger charge is -2.17. The number of carbonyl (C=O) groups excluding carboxylic acids is 1. The number of benzene rings is 2. The lowest BCUT2D eigenvalue weighted by atomic mass is 10.0. The number of aromatic nitrogens is 5. The van der Waals surface area contributed by atoms with Crippen LogP contribution in [-0.2, 0) is 17.6 Å². The van der Waals surface area contributed by atoms with Crippen LogP contribution in [0.25, 0.3) is 22.2 Å². The van der Waals surface area contributed by atoms with Crippen molar-refractivity contribution >= 4 is 16.8 Å². The Morgan fingerprint density at radius 1 is 1.11 bits per heavy atom. The number of H-pyrrole nitrogens is 3. The smallest absolute Gasteiger partial charge is 0.252 e. The highest BCUT2D eigenvalue weighted by molar-refractivity contribution is 5.88. The summed E-state index contributed by atoms with van der Waals surface area (Å²) in [5.41, 5.74) is 4.49. The average Bonchev–Trinajstić information content (AvgIpc) is 3.53. The van der Waals surface area contributed by atoms with Crippen molar-refractivity contribution in [1.29, 1.82) is 0 Å². The minimum Gasteiger partial charge on any atom is -0.507 e. The van der Waals surface area contributed by atoms with Gasteiger partial charge in [-0.2, -0.15) is 0 Å². The molecular formula is C27H26N6O3. The Morgan fingerprint density at radius 2 is 1.94 bits per heavy atom. The van der Waals surface area contributed by atoms with Crippen LogP contribution in [0.2, 0.25) is 0 Å². The lowest BCUT2D eigenvalue weighted by molar-refractivity contribution is -0.121. The number of carbonyl (C=O) groups is 1. The molecule has 3 heterocycles. The van der Waals surface area contributed by atoms with Crippen LogP contribution in [0.3, 0.4) is 0 Å². The van der Waals surface area contributed by atoms with E-state index in [1.807, 2.05) is 43.3 Å². The van der Waals surface area contributed by atoms with E-state index in [9.17, 15) is 14.7 Å². The van der Waals surface area contributed by atoms with E-state index in [0.717, 1.165) is 28.6 Å². The van der Waals surface area contributed by atoms with E-state index in [1.165, 1.54) is 0 Å². The van der Waals surface area contributed by atoms with Crippen molar-refractivity contribution in [2.24, 2.45) is 0 Å². The molecule has 2 aromatic carbocycles. The maximum atomic E-state index is 12.8. The van der Waals surface area contributed by atoms with Crippen LogP contribution < -0.4 is 10.9 Å². The van der Waals surface area contributed by atoms with Crippen molar-refractivity contribution < 1.29 is 9.90 Å². The van der Waals surface area contributed by atoms with Gasteiger partial charge < -0.3 is 25.4 Å². The summed E-state index contributed by atoms with van der Waals surface area (Å²) in [6.07, 6.45) is 4.77. The van der Waals surface area contributed by atoms with E-state index in [4.69, 9.17) is 4.98 Å². The third kappa shape index (κ3) is 5.05. The van der Waals surface area contributed by atoms with Crippen LogP contribution in [0.1, 0.15) is 35.2 Å². The van der Waals surface area contributed by atoms with Gasteiger partial charge in [-0.1, -0.05) is 36.4 Å². The van der Waals surface area contributed by atoms with Crippen LogP contribution in [0.5, 0.6) is 5.75 Å². The third-order valence-corrected chi connectivity index (χ3v) is 6.12.